The second-order valence-electron chi connectivity index (χ2n) is 5.22. The lowest BCUT2D eigenvalue weighted by Crippen LogP contribution is -2.60. The quantitative estimate of drug-likeness (QED) is 0.886. The molecular formula is C15H23FN2. The summed E-state index contributed by atoms with van der Waals surface area (Å²) >= 11 is 0. The standard InChI is InChI=1S/C15H23FN2/c1-4-15(5-2)11-18(10-9-17-15)14-8-6-7-13(16)12(14)3/h6-8,17H,4-5,9-11H2,1-3H3. The Morgan fingerprint density at radius 1 is 1.33 bits per heavy atom. The Hall–Kier alpha value is -1.09. The SMILES string of the molecule is CCC1(CC)CN(c2cccc(F)c2C)CCN1. The minimum atomic E-state index is -0.107. The van der Waals surface area contributed by atoms with E-state index >= 15 is 0 Å². The second kappa shape index (κ2) is 5.27. The minimum Gasteiger partial charge on any atom is -0.368 e. The van der Waals surface area contributed by atoms with Gasteiger partial charge in [0.05, 0.1) is 0 Å². The van der Waals surface area contributed by atoms with E-state index in [4.69, 9.17) is 0 Å². The first-order valence-electron chi connectivity index (χ1n) is 6.87. The van der Waals surface area contributed by atoms with Crippen molar-refractivity contribution < 1.29 is 4.39 Å². The van der Waals surface area contributed by atoms with E-state index in [1.54, 1.807) is 6.07 Å². The molecule has 0 unspecified atom stereocenters. The van der Waals surface area contributed by atoms with Crippen molar-refractivity contribution in [1.29, 1.82) is 0 Å². The van der Waals surface area contributed by atoms with E-state index in [2.05, 4.69) is 24.1 Å². The maximum atomic E-state index is 13.6. The molecule has 3 heteroatoms. The molecule has 100 valence electrons. The molecule has 1 N–H and O–H groups in total. The van der Waals surface area contributed by atoms with Crippen molar-refractivity contribution in [2.45, 2.75) is 39.2 Å². The molecule has 1 aromatic rings. The van der Waals surface area contributed by atoms with Crippen molar-refractivity contribution in [1.82, 2.24) is 5.32 Å². The predicted molar refractivity (Wildman–Crippen MR) is 74.7 cm³/mol. The summed E-state index contributed by atoms with van der Waals surface area (Å²) in [5, 5.41) is 3.63. The first-order valence-corrected chi connectivity index (χ1v) is 6.87. The number of nitrogens with zero attached hydrogens (tertiary/aromatic N) is 1. The van der Waals surface area contributed by atoms with Gasteiger partial charge in [0.2, 0.25) is 0 Å². The van der Waals surface area contributed by atoms with Crippen LogP contribution in [0.15, 0.2) is 18.2 Å². The van der Waals surface area contributed by atoms with Crippen molar-refractivity contribution in [2.24, 2.45) is 0 Å². The normalized spacial score (nSPS) is 19.0. The van der Waals surface area contributed by atoms with Gasteiger partial charge in [-0.05, 0) is 31.9 Å². The number of hydrogen-bond donors (Lipinski definition) is 1. The van der Waals surface area contributed by atoms with E-state index in [0.717, 1.165) is 43.7 Å². The topological polar surface area (TPSA) is 15.3 Å². The molecule has 0 aliphatic carbocycles. The first kappa shape index (κ1) is 13.3. The maximum absolute atomic E-state index is 13.6. The maximum Gasteiger partial charge on any atom is 0.128 e. The zero-order chi connectivity index (χ0) is 13.2. The molecule has 1 aliphatic heterocycles. The van der Waals surface area contributed by atoms with Gasteiger partial charge in [0.15, 0.2) is 0 Å². The summed E-state index contributed by atoms with van der Waals surface area (Å²) in [4.78, 5) is 2.32. The summed E-state index contributed by atoms with van der Waals surface area (Å²) in [6.45, 7) is 9.19. The zero-order valence-electron chi connectivity index (χ0n) is 11.6. The van der Waals surface area contributed by atoms with E-state index in [0.29, 0.717) is 0 Å². The van der Waals surface area contributed by atoms with Crippen LogP contribution in [0.3, 0.4) is 0 Å². The molecule has 0 saturated carbocycles. The molecule has 0 bridgehead atoms. The van der Waals surface area contributed by atoms with Crippen LogP contribution in [0.1, 0.15) is 32.3 Å². The fourth-order valence-corrected chi connectivity index (χ4v) is 2.82. The van der Waals surface area contributed by atoms with Gasteiger partial charge in [-0.3, -0.25) is 0 Å². The van der Waals surface area contributed by atoms with Crippen molar-refractivity contribution in [3.63, 3.8) is 0 Å². The summed E-state index contributed by atoms with van der Waals surface area (Å²) in [5.74, 6) is -0.107. The Morgan fingerprint density at radius 3 is 2.72 bits per heavy atom. The molecule has 1 fully saturated rings. The summed E-state index contributed by atoms with van der Waals surface area (Å²) in [6.07, 6.45) is 2.21. The number of benzene rings is 1. The molecular weight excluding hydrogens is 227 g/mol. The van der Waals surface area contributed by atoms with Crippen LogP contribution in [-0.4, -0.2) is 25.2 Å². The lowest BCUT2D eigenvalue weighted by molar-refractivity contribution is 0.277. The monoisotopic (exact) mass is 250 g/mol. The average Bonchev–Trinajstić information content (AvgIpc) is 2.42. The smallest absolute Gasteiger partial charge is 0.128 e. The predicted octanol–water partition coefficient (Wildman–Crippen LogP) is 3.10. The van der Waals surface area contributed by atoms with Crippen LogP contribution >= 0.6 is 0 Å². The molecule has 1 heterocycles. The Bertz CT molecular complexity index is 413. The summed E-state index contributed by atoms with van der Waals surface area (Å²) in [5.41, 5.74) is 1.99. The highest BCUT2D eigenvalue weighted by Gasteiger charge is 2.32. The van der Waals surface area contributed by atoms with Gasteiger partial charge in [-0.15, -0.1) is 0 Å². The summed E-state index contributed by atoms with van der Waals surface area (Å²) in [7, 11) is 0. The van der Waals surface area contributed by atoms with E-state index < -0.39 is 0 Å². The number of rotatable bonds is 3. The summed E-state index contributed by atoms with van der Waals surface area (Å²) in [6, 6.07) is 5.37. The number of halogens is 1. The lowest BCUT2D eigenvalue weighted by Gasteiger charge is -2.44. The van der Waals surface area contributed by atoms with Crippen LogP contribution in [-0.2, 0) is 0 Å². The van der Waals surface area contributed by atoms with Gasteiger partial charge in [-0.25, -0.2) is 4.39 Å². The minimum absolute atomic E-state index is 0.107. The number of anilines is 1. The van der Waals surface area contributed by atoms with Crippen LogP contribution < -0.4 is 10.2 Å². The Labute approximate surface area is 109 Å². The Balaban J connectivity index is 2.26. The Morgan fingerprint density at radius 2 is 2.06 bits per heavy atom. The van der Waals surface area contributed by atoms with Gasteiger partial charge in [-0.1, -0.05) is 19.9 Å². The Kier molecular flexibility index (Phi) is 3.91. The van der Waals surface area contributed by atoms with E-state index in [-0.39, 0.29) is 11.4 Å². The lowest BCUT2D eigenvalue weighted by atomic mass is 9.90. The van der Waals surface area contributed by atoms with Crippen LogP contribution in [0.25, 0.3) is 0 Å². The van der Waals surface area contributed by atoms with Gasteiger partial charge in [0, 0.05) is 36.4 Å². The van der Waals surface area contributed by atoms with Gasteiger partial charge < -0.3 is 10.2 Å². The molecule has 0 spiro atoms. The molecule has 2 rings (SSSR count). The molecule has 1 saturated heterocycles. The molecule has 0 atom stereocenters. The highest BCUT2D eigenvalue weighted by atomic mass is 19.1. The van der Waals surface area contributed by atoms with Gasteiger partial charge in [-0.2, -0.15) is 0 Å². The number of nitrogens with one attached hydrogen (secondary N) is 1. The number of piperazine rings is 1. The van der Waals surface area contributed by atoms with Crippen molar-refractivity contribution >= 4 is 5.69 Å². The van der Waals surface area contributed by atoms with Crippen LogP contribution in [0.2, 0.25) is 0 Å². The molecule has 0 aromatic heterocycles. The van der Waals surface area contributed by atoms with Crippen LogP contribution in [0, 0.1) is 12.7 Å². The third kappa shape index (κ3) is 2.37. The van der Waals surface area contributed by atoms with E-state index in [1.807, 2.05) is 13.0 Å². The third-order valence-electron chi connectivity index (χ3n) is 4.31. The van der Waals surface area contributed by atoms with Crippen molar-refractivity contribution in [3.8, 4) is 0 Å². The molecule has 1 aliphatic rings. The van der Waals surface area contributed by atoms with Gasteiger partial charge >= 0.3 is 0 Å². The molecule has 2 nitrogen and oxygen atoms in total. The van der Waals surface area contributed by atoms with Crippen LogP contribution in [0.4, 0.5) is 10.1 Å². The highest BCUT2D eigenvalue weighted by molar-refractivity contribution is 5.54. The van der Waals surface area contributed by atoms with Gasteiger partial charge in [0.1, 0.15) is 5.82 Å². The number of hydrogen-bond acceptors (Lipinski definition) is 2. The highest BCUT2D eigenvalue weighted by Crippen LogP contribution is 2.27. The second-order valence-corrected chi connectivity index (χ2v) is 5.22. The van der Waals surface area contributed by atoms with E-state index in [9.17, 15) is 4.39 Å². The molecule has 1 aromatic carbocycles. The van der Waals surface area contributed by atoms with Crippen molar-refractivity contribution in [2.75, 3.05) is 24.5 Å². The molecule has 18 heavy (non-hydrogen) atoms. The largest absolute Gasteiger partial charge is 0.368 e. The average molecular weight is 250 g/mol. The third-order valence-corrected chi connectivity index (χ3v) is 4.31. The fraction of sp³-hybridized carbons (Fsp3) is 0.600. The van der Waals surface area contributed by atoms with Gasteiger partial charge in [0.25, 0.3) is 0 Å². The van der Waals surface area contributed by atoms with Crippen LogP contribution in [0.5, 0.6) is 0 Å². The van der Waals surface area contributed by atoms with Crippen molar-refractivity contribution in [3.05, 3.63) is 29.6 Å². The zero-order valence-corrected chi connectivity index (χ0v) is 11.6. The summed E-state index contributed by atoms with van der Waals surface area (Å²) < 4.78 is 13.6. The fourth-order valence-electron chi connectivity index (χ4n) is 2.82. The van der Waals surface area contributed by atoms with E-state index in [1.165, 1.54) is 6.07 Å². The molecule has 0 amide bonds. The first-order chi connectivity index (χ1) is 8.62. The molecule has 0 radical (unpaired) electrons.